The number of nitrogens with one attached hydrogen (secondary N) is 1. The zero-order valence-electron chi connectivity index (χ0n) is 13.0. The van der Waals surface area contributed by atoms with Crippen molar-refractivity contribution in [3.05, 3.63) is 22.4 Å². The van der Waals surface area contributed by atoms with Crippen LogP contribution in [0, 0.1) is 0 Å². The lowest BCUT2D eigenvalue weighted by molar-refractivity contribution is -0.00671. The molecule has 0 radical (unpaired) electrons. The van der Waals surface area contributed by atoms with Crippen LogP contribution in [0.3, 0.4) is 0 Å². The van der Waals surface area contributed by atoms with Crippen molar-refractivity contribution in [3.63, 3.8) is 0 Å². The van der Waals surface area contributed by atoms with Crippen LogP contribution in [0.2, 0.25) is 0 Å². The molecular formula is C17H28N2S. The van der Waals surface area contributed by atoms with Crippen molar-refractivity contribution in [1.82, 2.24) is 10.2 Å². The Morgan fingerprint density at radius 1 is 1.30 bits per heavy atom. The van der Waals surface area contributed by atoms with E-state index < -0.39 is 0 Å². The minimum absolute atomic E-state index is 0.312. The summed E-state index contributed by atoms with van der Waals surface area (Å²) in [5.74, 6) is 0. The fourth-order valence-electron chi connectivity index (χ4n) is 3.85. The first-order valence-corrected chi connectivity index (χ1v) is 9.06. The Balaban J connectivity index is 1.77. The molecule has 0 bridgehead atoms. The topological polar surface area (TPSA) is 15.3 Å². The molecule has 1 aliphatic heterocycles. The molecular weight excluding hydrogens is 264 g/mol. The molecule has 1 atom stereocenters. The summed E-state index contributed by atoms with van der Waals surface area (Å²) in [6.07, 6.45) is 8.20. The normalized spacial score (nSPS) is 30.7. The summed E-state index contributed by atoms with van der Waals surface area (Å²) in [5, 5.41) is 6.15. The van der Waals surface area contributed by atoms with Crippen LogP contribution in [-0.2, 0) is 6.54 Å². The highest BCUT2D eigenvalue weighted by Gasteiger charge is 2.44. The highest BCUT2D eigenvalue weighted by Crippen LogP contribution is 2.36. The predicted octanol–water partition coefficient (Wildman–Crippen LogP) is 4.02. The van der Waals surface area contributed by atoms with Gasteiger partial charge >= 0.3 is 0 Å². The Hall–Kier alpha value is -0.380. The fraction of sp³-hybridized carbons (Fsp3) is 0.765. The molecule has 2 heterocycles. The summed E-state index contributed by atoms with van der Waals surface area (Å²) in [6.45, 7) is 8.28. The number of nitrogens with zero attached hydrogens (tertiary/aromatic N) is 1. The van der Waals surface area contributed by atoms with Gasteiger partial charge < -0.3 is 5.32 Å². The van der Waals surface area contributed by atoms with Gasteiger partial charge in [-0.1, -0.05) is 32.3 Å². The van der Waals surface area contributed by atoms with Crippen molar-refractivity contribution >= 4 is 11.3 Å². The van der Waals surface area contributed by atoms with Gasteiger partial charge in [-0.3, -0.25) is 4.90 Å². The van der Waals surface area contributed by atoms with E-state index in [0.29, 0.717) is 11.1 Å². The van der Waals surface area contributed by atoms with Crippen LogP contribution in [0.1, 0.15) is 57.2 Å². The molecule has 0 aromatic carbocycles. The Morgan fingerprint density at radius 3 is 2.75 bits per heavy atom. The lowest BCUT2D eigenvalue weighted by atomic mass is 9.77. The van der Waals surface area contributed by atoms with Gasteiger partial charge in [-0.05, 0) is 37.6 Å². The van der Waals surface area contributed by atoms with Gasteiger partial charge in [0.25, 0.3) is 0 Å². The number of hydrogen-bond acceptors (Lipinski definition) is 3. The third-order valence-electron chi connectivity index (χ3n) is 5.60. The monoisotopic (exact) mass is 292 g/mol. The van der Waals surface area contributed by atoms with Crippen molar-refractivity contribution in [3.8, 4) is 0 Å². The van der Waals surface area contributed by atoms with Crippen molar-refractivity contribution < 1.29 is 0 Å². The summed E-state index contributed by atoms with van der Waals surface area (Å²) >= 11 is 1.90. The van der Waals surface area contributed by atoms with Gasteiger partial charge in [0.1, 0.15) is 0 Å². The van der Waals surface area contributed by atoms with Crippen molar-refractivity contribution in [2.24, 2.45) is 0 Å². The van der Waals surface area contributed by atoms with E-state index in [2.05, 4.69) is 41.6 Å². The Labute approximate surface area is 127 Å². The standard InChI is InChI=1S/C17H28N2S/c1-3-16(2)13-18-17(9-5-4-6-10-17)14-19(16)12-15-8-7-11-20-15/h7-8,11,18H,3-6,9-10,12-14H2,1-2H3. The Morgan fingerprint density at radius 2 is 2.10 bits per heavy atom. The van der Waals surface area contributed by atoms with E-state index in [1.54, 1.807) is 0 Å². The third kappa shape index (κ3) is 2.81. The summed E-state index contributed by atoms with van der Waals surface area (Å²) < 4.78 is 0. The molecule has 3 rings (SSSR count). The van der Waals surface area contributed by atoms with Crippen LogP contribution >= 0.6 is 11.3 Å². The molecule has 2 aliphatic rings. The van der Waals surface area contributed by atoms with Gasteiger partial charge in [0.2, 0.25) is 0 Å². The molecule has 1 N–H and O–H groups in total. The Kier molecular flexibility index (Phi) is 4.21. The molecule has 1 spiro atoms. The average Bonchev–Trinajstić information content (AvgIpc) is 2.97. The first-order valence-electron chi connectivity index (χ1n) is 8.18. The minimum atomic E-state index is 0.312. The predicted molar refractivity (Wildman–Crippen MR) is 87.2 cm³/mol. The maximum Gasteiger partial charge on any atom is 0.0334 e. The van der Waals surface area contributed by atoms with Gasteiger partial charge in [0.05, 0.1) is 0 Å². The van der Waals surface area contributed by atoms with E-state index in [-0.39, 0.29) is 0 Å². The maximum atomic E-state index is 3.95. The molecule has 1 aromatic rings. The molecule has 2 fully saturated rings. The smallest absolute Gasteiger partial charge is 0.0334 e. The molecule has 20 heavy (non-hydrogen) atoms. The zero-order valence-corrected chi connectivity index (χ0v) is 13.8. The van der Waals surface area contributed by atoms with E-state index in [4.69, 9.17) is 0 Å². The fourth-order valence-corrected chi connectivity index (χ4v) is 4.57. The first-order chi connectivity index (χ1) is 9.66. The van der Waals surface area contributed by atoms with Gasteiger partial charge in [0.15, 0.2) is 0 Å². The zero-order chi connectivity index (χ0) is 14.1. The summed E-state index contributed by atoms with van der Waals surface area (Å²) in [7, 11) is 0. The van der Waals surface area contributed by atoms with Crippen LogP contribution in [0.25, 0.3) is 0 Å². The van der Waals surface area contributed by atoms with Crippen molar-refractivity contribution in [1.29, 1.82) is 0 Å². The van der Waals surface area contributed by atoms with E-state index in [1.165, 1.54) is 49.9 Å². The highest BCUT2D eigenvalue weighted by molar-refractivity contribution is 7.09. The second kappa shape index (κ2) is 5.78. The van der Waals surface area contributed by atoms with Crippen LogP contribution in [0.4, 0.5) is 0 Å². The number of rotatable bonds is 3. The van der Waals surface area contributed by atoms with Crippen LogP contribution in [0.15, 0.2) is 17.5 Å². The minimum Gasteiger partial charge on any atom is -0.308 e. The molecule has 3 heteroatoms. The van der Waals surface area contributed by atoms with Crippen molar-refractivity contribution in [2.75, 3.05) is 13.1 Å². The van der Waals surface area contributed by atoms with E-state index >= 15 is 0 Å². The van der Waals surface area contributed by atoms with E-state index in [9.17, 15) is 0 Å². The molecule has 1 saturated heterocycles. The van der Waals surface area contributed by atoms with Gasteiger partial charge in [-0.15, -0.1) is 11.3 Å². The lowest BCUT2D eigenvalue weighted by Gasteiger charge is -2.54. The van der Waals surface area contributed by atoms with Crippen molar-refractivity contribution in [2.45, 2.75) is 70.0 Å². The van der Waals surface area contributed by atoms with Gasteiger partial charge in [0, 0.05) is 35.6 Å². The van der Waals surface area contributed by atoms with Crippen LogP contribution in [-0.4, -0.2) is 29.1 Å². The molecule has 0 amide bonds. The van der Waals surface area contributed by atoms with Gasteiger partial charge in [-0.2, -0.15) is 0 Å². The molecule has 1 aromatic heterocycles. The molecule has 1 aliphatic carbocycles. The second-order valence-corrected chi connectivity index (χ2v) is 8.01. The first kappa shape index (κ1) is 14.6. The lowest BCUT2D eigenvalue weighted by Crippen LogP contribution is -2.69. The second-order valence-electron chi connectivity index (χ2n) is 6.98. The largest absolute Gasteiger partial charge is 0.308 e. The quantitative estimate of drug-likeness (QED) is 0.905. The van der Waals surface area contributed by atoms with Crippen LogP contribution < -0.4 is 5.32 Å². The van der Waals surface area contributed by atoms with Crippen LogP contribution in [0.5, 0.6) is 0 Å². The van der Waals surface area contributed by atoms with E-state index in [1.807, 2.05) is 11.3 Å². The average molecular weight is 292 g/mol. The third-order valence-corrected chi connectivity index (χ3v) is 6.46. The summed E-state index contributed by atoms with van der Waals surface area (Å²) in [4.78, 5) is 4.28. The number of thiophene rings is 1. The number of hydrogen-bond donors (Lipinski definition) is 1. The summed E-state index contributed by atoms with van der Waals surface area (Å²) in [5.41, 5.74) is 0.719. The Bertz CT molecular complexity index is 422. The van der Waals surface area contributed by atoms with Gasteiger partial charge in [-0.25, -0.2) is 0 Å². The molecule has 1 unspecified atom stereocenters. The summed E-state index contributed by atoms with van der Waals surface area (Å²) in [6, 6.07) is 4.47. The molecule has 112 valence electrons. The molecule has 2 nitrogen and oxygen atoms in total. The highest BCUT2D eigenvalue weighted by atomic mass is 32.1. The van der Waals surface area contributed by atoms with E-state index in [0.717, 1.165) is 13.1 Å². The number of piperazine rings is 1. The molecule has 1 saturated carbocycles. The maximum absolute atomic E-state index is 3.95. The SMILES string of the molecule is CCC1(C)CNC2(CCCCC2)CN1Cc1cccs1.